The van der Waals surface area contributed by atoms with Gasteiger partial charge in [0.25, 0.3) is 0 Å². The Balaban J connectivity index is -0.000000579. The summed E-state index contributed by atoms with van der Waals surface area (Å²) >= 11 is 0. The van der Waals surface area contributed by atoms with E-state index in [0.29, 0.717) is 0 Å². The third-order valence-electron chi connectivity index (χ3n) is 3.24. The van der Waals surface area contributed by atoms with Gasteiger partial charge in [-0.05, 0) is 18.3 Å². The zero-order chi connectivity index (χ0) is 15.7. The largest absolute Gasteiger partial charge is 0.348 e. The Kier molecular flexibility index (Phi) is 24.5. The highest BCUT2D eigenvalue weighted by Crippen LogP contribution is 2.25. The average Bonchev–Trinajstić information content (AvgIpc) is 2.47. The lowest BCUT2D eigenvalue weighted by Crippen LogP contribution is -2.22. The van der Waals surface area contributed by atoms with Gasteiger partial charge in [-0.15, -0.1) is 0 Å². The molecule has 0 saturated carbocycles. The molecule has 0 radical (unpaired) electrons. The first-order chi connectivity index (χ1) is 9.15. The predicted octanol–water partition coefficient (Wildman–Crippen LogP) is 5.37. The second kappa shape index (κ2) is 19.8. The van der Waals surface area contributed by atoms with Crippen molar-refractivity contribution in [3.05, 3.63) is 0 Å². The standard InChI is InChI=1S/C13H27NO.2C2H6/c1-5-7-12(3)13(8-6-2)9-10-14(4)11-15;2*1-2/h11-13H,5-10H2,1-4H3;2*1-2H3. The lowest BCUT2D eigenvalue weighted by molar-refractivity contribution is -0.117. The third kappa shape index (κ3) is 15.4. The van der Waals surface area contributed by atoms with Crippen molar-refractivity contribution in [2.24, 2.45) is 11.8 Å². The molecule has 0 aliphatic rings. The summed E-state index contributed by atoms with van der Waals surface area (Å²) in [6.45, 7) is 15.7. The van der Waals surface area contributed by atoms with E-state index in [0.717, 1.165) is 31.2 Å². The molecule has 2 heteroatoms. The van der Waals surface area contributed by atoms with E-state index >= 15 is 0 Å². The van der Waals surface area contributed by atoms with Gasteiger partial charge in [0.15, 0.2) is 0 Å². The van der Waals surface area contributed by atoms with Crippen molar-refractivity contribution < 1.29 is 4.79 Å². The number of nitrogens with zero attached hydrogens (tertiary/aromatic N) is 1. The van der Waals surface area contributed by atoms with Gasteiger partial charge in [-0.1, -0.05) is 74.1 Å². The summed E-state index contributed by atoms with van der Waals surface area (Å²) in [5.41, 5.74) is 0. The van der Waals surface area contributed by atoms with Crippen LogP contribution in [0.5, 0.6) is 0 Å². The fourth-order valence-corrected chi connectivity index (χ4v) is 2.20. The number of amides is 1. The van der Waals surface area contributed by atoms with Crippen LogP contribution in [0.1, 0.15) is 80.6 Å². The van der Waals surface area contributed by atoms with E-state index in [-0.39, 0.29) is 0 Å². The first kappa shape index (κ1) is 23.6. The Morgan fingerprint density at radius 3 is 1.79 bits per heavy atom. The van der Waals surface area contributed by atoms with Crippen molar-refractivity contribution in [1.29, 1.82) is 0 Å². The molecule has 0 rings (SSSR count). The molecule has 118 valence electrons. The van der Waals surface area contributed by atoms with E-state index in [4.69, 9.17) is 0 Å². The average molecular weight is 274 g/mol. The second-order valence-electron chi connectivity index (χ2n) is 4.69. The summed E-state index contributed by atoms with van der Waals surface area (Å²) in [4.78, 5) is 12.2. The van der Waals surface area contributed by atoms with Crippen molar-refractivity contribution in [1.82, 2.24) is 4.90 Å². The molecule has 2 unspecified atom stereocenters. The van der Waals surface area contributed by atoms with Crippen LogP contribution < -0.4 is 0 Å². The molecular formula is C17H39NO. The normalized spacial score (nSPS) is 12.2. The Bertz CT molecular complexity index is 159. The summed E-state index contributed by atoms with van der Waals surface area (Å²) in [5.74, 6) is 1.59. The molecule has 0 bridgehead atoms. The second-order valence-corrected chi connectivity index (χ2v) is 4.69. The SMILES string of the molecule is CC.CC.CCCC(C)C(CCC)CCN(C)C=O. The molecule has 0 aromatic heterocycles. The molecular weight excluding hydrogens is 234 g/mol. The maximum absolute atomic E-state index is 10.5. The lowest BCUT2D eigenvalue weighted by Gasteiger charge is -2.24. The van der Waals surface area contributed by atoms with Gasteiger partial charge in [0, 0.05) is 13.6 Å². The van der Waals surface area contributed by atoms with E-state index in [1.165, 1.54) is 25.7 Å². The van der Waals surface area contributed by atoms with Gasteiger partial charge in [-0.3, -0.25) is 4.79 Å². The summed E-state index contributed by atoms with van der Waals surface area (Å²) < 4.78 is 0. The highest BCUT2D eigenvalue weighted by Gasteiger charge is 2.15. The highest BCUT2D eigenvalue weighted by atomic mass is 16.1. The Morgan fingerprint density at radius 2 is 1.42 bits per heavy atom. The minimum Gasteiger partial charge on any atom is -0.348 e. The van der Waals surface area contributed by atoms with Crippen LogP contribution in [0.15, 0.2) is 0 Å². The number of carbonyl (C=O) groups excluding carboxylic acids is 1. The van der Waals surface area contributed by atoms with Gasteiger partial charge in [0.05, 0.1) is 0 Å². The lowest BCUT2D eigenvalue weighted by atomic mass is 9.84. The van der Waals surface area contributed by atoms with Crippen molar-refractivity contribution in [2.75, 3.05) is 13.6 Å². The Hall–Kier alpha value is -0.530. The van der Waals surface area contributed by atoms with Gasteiger partial charge < -0.3 is 4.90 Å². The molecule has 0 aliphatic carbocycles. The van der Waals surface area contributed by atoms with Crippen LogP contribution in [0, 0.1) is 11.8 Å². The molecule has 19 heavy (non-hydrogen) atoms. The van der Waals surface area contributed by atoms with E-state index in [2.05, 4.69) is 20.8 Å². The molecule has 0 spiro atoms. The first-order valence-corrected chi connectivity index (χ1v) is 8.31. The summed E-state index contributed by atoms with van der Waals surface area (Å²) in [6.07, 6.45) is 7.22. The van der Waals surface area contributed by atoms with Gasteiger partial charge in [0.1, 0.15) is 0 Å². The fourth-order valence-electron chi connectivity index (χ4n) is 2.20. The van der Waals surface area contributed by atoms with E-state index in [9.17, 15) is 4.79 Å². The third-order valence-corrected chi connectivity index (χ3v) is 3.24. The minimum absolute atomic E-state index is 0.789. The monoisotopic (exact) mass is 273 g/mol. The van der Waals surface area contributed by atoms with Crippen molar-refractivity contribution >= 4 is 6.41 Å². The Morgan fingerprint density at radius 1 is 0.947 bits per heavy atom. The quantitative estimate of drug-likeness (QED) is 0.517. The minimum atomic E-state index is 0.789. The molecule has 0 heterocycles. The maximum atomic E-state index is 10.5. The van der Waals surface area contributed by atoms with Crippen LogP contribution in [-0.2, 0) is 4.79 Å². The van der Waals surface area contributed by atoms with Crippen LogP contribution in [0.2, 0.25) is 0 Å². The molecule has 0 saturated heterocycles. The number of carbonyl (C=O) groups is 1. The van der Waals surface area contributed by atoms with Crippen molar-refractivity contribution in [2.45, 2.75) is 80.6 Å². The molecule has 0 aromatic carbocycles. The maximum Gasteiger partial charge on any atom is 0.209 e. The molecule has 0 N–H and O–H groups in total. The van der Waals surface area contributed by atoms with Crippen LogP contribution in [0.4, 0.5) is 0 Å². The molecule has 0 fully saturated rings. The fraction of sp³-hybridized carbons (Fsp3) is 0.941. The van der Waals surface area contributed by atoms with Gasteiger partial charge in [0.2, 0.25) is 6.41 Å². The smallest absolute Gasteiger partial charge is 0.209 e. The first-order valence-electron chi connectivity index (χ1n) is 8.31. The van der Waals surface area contributed by atoms with Crippen LogP contribution in [0.3, 0.4) is 0 Å². The van der Waals surface area contributed by atoms with E-state index in [1.807, 2.05) is 34.7 Å². The zero-order valence-electron chi connectivity index (χ0n) is 14.8. The zero-order valence-corrected chi connectivity index (χ0v) is 14.8. The van der Waals surface area contributed by atoms with Crippen molar-refractivity contribution in [3.63, 3.8) is 0 Å². The summed E-state index contributed by atoms with van der Waals surface area (Å²) in [5, 5.41) is 0. The highest BCUT2D eigenvalue weighted by molar-refractivity contribution is 5.46. The summed E-state index contributed by atoms with van der Waals surface area (Å²) in [6, 6.07) is 0. The van der Waals surface area contributed by atoms with Gasteiger partial charge in [-0.25, -0.2) is 0 Å². The molecule has 0 aliphatic heterocycles. The van der Waals surface area contributed by atoms with Crippen molar-refractivity contribution in [3.8, 4) is 0 Å². The molecule has 2 atom stereocenters. The van der Waals surface area contributed by atoms with Crippen LogP contribution in [0.25, 0.3) is 0 Å². The number of rotatable bonds is 9. The van der Waals surface area contributed by atoms with Gasteiger partial charge >= 0.3 is 0 Å². The van der Waals surface area contributed by atoms with Crippen LogP contribution in [-0.4, -0.2) is 24.9 Å². The van der Waals surface area contributed by atoms with E-state index < -0.39 is 0 Å². The molecule has 1 amide bonds. The molecule has 2 nitrogen and oxygen atoms in total. The molecule has 0 aromatic rings. The predicted molar refractivity (Wildman–Crippen MR) is 88.5 cm³/mol. The number of hydrogen-bond donors (Lipinski definition) is 0. The summed E-state index contributed by atoms with van der Waals surface area (Å²) in [7, 11) is 1.86. The van der Waals surface area contributed by atoms with Gasteiger partial charge in [-0.2, -0.15) is 0 Å². The Labute approximate surface area is 123 Å². The van der Waals surface area contributed by atoms with E-state index in [1.54, 1.807) is 4.90 Å². The van der Waals surface area contributed by atoms with Crippen LogP contribution >= 0.6 is 0 Å². The number of hydrogen-bond acceptors (Lipinski definition) is 1. The topological polar surface area (TPSA) is 20.3 Å².